The van der Waals surface area contributed by atoms with Crippen LogP contribution in [-0.4, -0.2) is 50.5 Å². The molecule has 36 heavy (non-hydrogen) atoms. The summed E-state index contributed by atoms with van der Waals surface area (Å²) in [6, 6.07) is 19.7. The predicted molar refractivity (Wildman–Crippen MR) is 145 cm³/mol. The second-order valence-electron chi connectivity index (χ2n) is 9.59. The molecule has 192 valence electrons. The third-order valence-electron chi connectivity index (χ3n) is 6.00. The lowest BCUT2D eigenvalue weighted by atomic mass is 10.1. The van der Waals surface area contributed by atoms with E-state index in [1.165, 1.54) is 4.90 Å². The van der Waals surface area contributed by atoms with Crippen LogP contribution in [0.5, 0.6) is 0 Å². The first kappa shape index (κ1) is 27.2. The van der Waals surface area contributed by atoms with Crippen LogP contribution in [0.2, 0.25) is 0 Å². The van der Waals surface area contributed by atoms with E-state index in [0.29, 0.717) is 12.2 Å². The molecule has 8 heteroatoms. The molecule has 2 amide bonds. The fraction of sp³-hybridized carbons (Fsp3) is 0.357. The van der Waals surface area contributed by atoms with Crippen LogP contribution in [0.15, 0.2) is 66.7 Å². The third-order valence-corrected chi connectivity index (χ3v) is 7.13. The highest BCUT2D eigenvalue weighted by Crippen LogP contribution is 2.28. The van der Waals surface area contributed by atoms with Gasteiger partial charge in [0, 0.05) is 18.5 Å². The highest BCUT2D eigenvalue weighted by molar-refractivity contribution is 7.92. The number of anilines is 1. The van der Waals surface area contributed by atoms with E-state index in [9.17, 15) is 18.0 Å². The van der Waals surface area contributed by atoms with Crippen LogP contribution in [-0.2, 0) is 26.2 Å². The predicted octanol–water partition coefficient (Wildman–Crippen LogP) is 4.10. The molecule has 0 unspecified atom stereocenters. The summed E-state index contributed by atoms with van der Waals surface area (Å²) < 4.78 is 26.9. The van der Waals surface area contributed by atoms with Crippen molar-refractivity contribution in [2.75, 3.05) is 23.7 Å². The molecule has 0 heterocycles. The van der Waals surface area contributed by atoms with Crippen LogP contribution < -0.4 is 9.62 Å². The van der Waals surface area contributed by atoms with Crippen LogP contribution in [0.3, 0.4) is 0 Å². The molecule has 3 aromatic rings. The molecule has 0 aromatic heterocycles. The molecule has 7 nitrogen and oxygen atoms in total. The quantitative estimate of drug-likeness (QED) is 0.446. The zero-order valence-electron chi connectivity index (χ0n) is 21.6. The maximum Gasteiger partial charge on any atom is 0.244 e. The van der Waals surface area contributed by atoms with Gasteiger partial charge in [0.05, 0.1) is 11.9 Å². The molecule has 3 aromatic carbocycles. The number of nitrogens with zero attached hydrogens (tertiary/aromatic N) is 2. The van der Waals surface area contributed by atoms with Gasteiger partial charge in [-0.05, 0) is 36.8 Å². The SMILES string of the molecule is Cc1cccc(CN(C(=O)CN(c2cccc3ccccc23)S(C)(=O)=O)[C@@H](C)C(=O)NCC(C)C)c1. The number of benzene rings is 3. The molecule has 1 atom stereocenters. The number of hydrogen-bond acceptors (Lipinski definition) is 4. The van der Waals surface area contributed by atoms with Gasteiger partial charge in [0.15, 0.2) is 0 Å². The number of rotatable bonds is 10. The molecule has 3 rings (SSSR count). The maximum absolute atomic E-state index is 13.7. The van der Waals surface area contributed by atoms with Crippen molar-refractivity contribution in [2.45, 2.75) is 40.3 Å². The number of fused-ring (bicyclic) bond motifs is 1. The first-order valence-electron chi connectivity index (χ1n) is 12.1. The molecule has 0 fully saturated rings. The van der Waals surface area contributed by atoms with E-state index < -0.39 is 28.5 Å². The average molecular weight is 510 g/mol. The van der Waals surface area contributed by atoms with Crippen LogP contribution >= 0.6 is 0 Å². The number of carbonyl (C=O) groups excluding carboxylic acids is 2. The summed E-state index contributed by atoms with van der Waals surface area (Å²) in [6.45, 7) is 7.88. The van der Waals surface area contributed by atoms with Crippen molar-refractivity contribution in [3.8, 4) is 0 Å². The number of nitrogens with one attached hydrogen (secondary N) is 1. The van der Waals surface area contributed by atoms with Crippen molar-refractivity contribution in [1.82, 2.24) is 10.2 Å². The van der Waals surface area contributed by atoms with E-state index in [-0.39, 0.29) is 18.4 Å². The van der Waals surface area contributed by atoms with Crippen LogP contribution in [0.25, 0.3) is 10.8 Å². The van der Waals surface area contributed by atoms with Crippen molar-refractivity contribution in [1.29, 1.82) is 0 Å². The highest BCUT2D eigenvalue weighted by atomic mass is 32.2. The summed E-state index contributed by atoms with van der Waals surface area (Å²) in [7, 11) is -3.80. The number of carbonyl (C=O) groups is 2. The number of sulfonamides is 1. The Morgan fingerprint density at radius 2 is 1.61 bits per heavy atom. The Bertz CT molecular complexity index is 1330. The second-order valence-corrected chi connectivity index (χ2v) is 11.5. The molecular weight excluding hydrogens is 474 g/mol. The Hall–Kier alpha value is -3.39. The molecule has 0 aliphatic rings. The molecule has 0 aliphatic carbocycles. The van der Waals surface area contributed by atoms with Crippen molar-refractivity contribution in [3.63, 3.8) is 0 Å². The minimum atomic E-state index is -3.80. The normalized spacial score (nSPS) is 12.4. The molecule has 1 N–H and O–H groups in total. The Kier molecular flexibility index (Phi) is 8.74. The molecule has 0 aliphatic heterocycles. The summed E-state index contributed by atoms with van der Waals surface area (Å²) in [5, 5.41) is 4.49. The van der Waals surface area contributed by atoms with Gasteiger partial charge in [-0.2, -0.15) is 0 Å². The van der Waals surface area contributed by atoms with E-state index >= 15 is 0 Å². The third kappa shape index (κ3) is 6.85. The fourth-order valence-corrected chi connectivity index (χ4v) is 4.92. The van der Waals surface area contributed by atoms with Gasteiger partial charge in [-0.1, -0.05) is 80.1 Å². The van der Waals surface area contributed by atoms with Crippen molar-refractivity contribution in [2.24, 2.45) is 5.92 Å². The topological polar surface area (TPSA) is 86.8 Å². The Morgan fingerprint density at radius 1 is 0.944 bits per heavy atom. The van der Waals surface area contributed by atoms with Gasteiger partial charge >= 0.3 is 0 Å². The zero-order chi connectivity index (χ0) is 26.5. The van der Waals surface area contributed by atoms with Gasteiger partial charge in [-0.15, -0.1) is 0 Å². The average Bonchev–Trinajstić information content (AvgIpc) is 2.83. The smallest absolute Gasteiger partial charge is 0.244 e. The molecule has 0 saturated carbocycles. The van der Waals surface area contributed by atoms with Gasteiger partial charge in [0.2, 0.25) is 21.8 Å². The molecule has 0 radical (unpaired) electrons. The summed E-state index contributed by atoms with van der Waals surface area (Å²) in [5.74, 6) is -0.475. The lowest BCUT2D eigenvalue weighted by molar-refractivity contribution is -0.139. The largest absolute Gasteiger partial charge is 0.354 e. The first-order chi connectivity index (χ1) is 17.0. The van der Waals surface area contributed by atoms with Crippen LogP contribution in [0, 0.1) is 12.8 Å². The minimum absolute atomic E-state index is 0.184. The van der Waals surface area contributed by atoms with E-state index in [4.69, 9.17) is 0 Å². The Balaban J connectivity index is 1.97. The summed E-state index contributed by atoms with van der Waals surface area (Å²) >= 11 is 0. The van der Waals surface area contributed by atoms with Crippen LogP contribution in [0.4, 0.5) is 5.69 Å². The molecular formula is C28H35N3O4S. The van der Waals surface area contributed by atoms with Gasteiger partial charge in [0.25, 0.3) is 0 Å². The van der Waals surface area contributed by atoms with Crippen molar-refractivity contribution >= 4 is 38.3 Å². The Labute approximate surface area is 214 Å². The monoisotopic (exact) mass is 509 g/mol. The zero-order valence-corrected chi connectivity index (χ0v) is 22.4. The van der Waals surface area contributed by atoms with E-state index in [1.807, 2.05) is 75.4 Å². The number of amides is 2. The van der Waals surface area contributed by atoms with Crippen LogP contribution in [0.1, 0.15) is 31.9 Å². The van der Waals surface area contributed by atoms with Gasteiger partial charge in [-0.25, -0.2) is 8.42 Å². The fourth-order valence-electron chi connectivity index (χ4n) is 4.06. The lowest BCUT2D eigenvalue weighted by Gasteiger charge is -2.32. The van der Waals surface area contributed by atoms with E-state index in [1.54, 1.807) is 19.1 Å². The standard InChI is InChI=1S/C28H35N3O4S/c1-20(2)17-29-28(33)22(4)30(18-23-11-8-10-21(3)16-23)27(32)19-31(36(5,34)35)26-15-9-13-24-12-6-7-14-25(24)26/h6-16,20,22H,17-19H2,1-5H3,(H,29,33)/t22-/m0/s1. The van der Waals surface area contributed by atoms with Crippen molar-refractivity contribution < 1.29 is 18.0 Å². The van der Waals surface area contributed by atoms with Gasteiger partial charge in [0.1, 0.15) is 12.6 Å². The van der Waals surface area contributed by atoms with Crippen molar-refractivity contribution in [3.05, 3.63) is 77.9 Å². The molecule has 0 bridgehead atoms. The summed E-state index contributed by atoms with van der Waals surface area (Å²) in [4.78, 5) is 28.1. The molecule has 0 spiro atoms. The molecule has 0 saturated heterocycles. The van der Waals surface area contributed by atoms with E-state index in [0.717, 1.165) is 32.5 Å². The summed E-state index contributed by atoms with van der Waals surface area (Å²) in [5.41, 5.74) is 2.32. The second kappa shape index (κ2) is 11.6. The Morgan fingerprint density at radius 3 is 2.28 bits per heavy atom. The van der Waals surface area contributed by atoms with Gasteiger partial charge in [-0.3, -0.25) is 13.9 Å². The highest BCUT2D eigenvalue weighted by Gasteiger charge is 2.30. The van der Waals surface area contributed by atoms with Gasteiger partial charge < -0.3 is 10.2 Å². The minimum Gasteiger partial charge on any atom is -0.354 e. The first-order valence-corrected chi connectivity index (χ1v) is 13.9. The number of aryl methyl sites for hydroxylation is 1. The summed E-state index contributed by atoms with van der Waals surface area (Å²) in [6.07, 6.45) is 1.09. The maximum atomic E-state index is 13.7. The number of hydrogen-bond donors (Lipinski definition) is 1. The lowest BCUT2D eigenvalue weighted by Crippen LogP contribution is -2.51. The van der Waals surface area contributed by atoms with E-state index in [2.05, 4.69) is 5.32 Å².